The second kappa shape index (κ2) is 9.36. The van der Waals surface area contributed by atoms with E-state index in [1.54, 1.807) is 26.4 Å². The molecule has 1 saturated heterocycles. The maximum absolute atomic E-state index is 12.6. The second-order valence-electron chi connectivity index (χ2n) is 7.71. The van der Waals surface area contributed by atoms with E-state index in [2.05, 4.69) is 33.3 Å². The third kappa shape index (κ3) is 4.86. The van der Waals surface area contributed by atoms with Gasteiger partial charge in [0.1, 0.15) is 17.2 Å². The van der Waals surface area contributed by atoms with Gasteiger partial charge in [-0.1, -0.05) is 12.1 Å². The number of carbonyl (C=O) groups is 1. The quantitative estimate of drug-likeness (QED) is 0.755. The van der Waals surface area contributed by atoms with Crippen molar-refractivity contribution in [1.82, 2.24) is 9.80 Å². The monoisotopic (exact) mass is 411 g/mol. The van der Waals surface area contributed by atoms with Crippen LogP contribution in [0.4, 0.5) is 5.69 Å². The van der Waals surface area contributed by atoms with Gasteiger partial charge in [-0.05, 0) is 29.3 Å². The topological polar surface area (TPSA) is 63.3 Å². The minimum absolute atomic E-state index is 0.0476. The maximum atomic E-state index is 12.6. The van der Waals surface area contributed by atoms with E-state index in [1.807, 2.05) is 6.07 Å². The average Bonchev–Trinajstić information content (AvgIpc) is 3.23. The number of hydrogen-bond donors (Lipinski definition) is 1. The number of nitrogens with one attached hydrogen (secondary N) is 1. The molecule has 160 valence electrons. The number of rotatable bonds is 7. The fourth-order valence-corrected chi connectivity index (χ4v) is 4.01. The molecule has 0 radical (unpaired) electrons. The molecule has 1 amide bonds. The summed E-state index contributed by atoms with van der Waals surface area (Å²) in [6.45, 7) is 5.74. The third-order valence-electron chi connectivity index (χ3n) is 5.67. The second-order valence-corrected chi connectivity index (χ2v) is 7.71. The van der Waals surface area contributed by atoms with Crippen molar-refractivity contribution in [2.24, 2.45) is 0 Å². The lowest BCUT2D eigenvalue weighted by molar-refractivity contribution is -0.117. The summed E-state index contributed by atoms with van der Waals surface area (Å²) in [5.74, 6) is 2.28. The van der Waals surface area contributed by atoms with Gasteiger partial charge >= 0.3 is 0 Å². The Morgan fingerprint density at radius 3 is 2.60 bits per heavy atom. The number of anilines is 1. The largest absolute Gasteiger partial charge is 0.497 e. The maximum Gasteiger partial charge on any atom is 0.238 e. The first kappa shape index (κ1) is 20.5. The highest BCUT2D eigenvalue weighted by Gasteiger charge is 2.20. The average molecular weight is 412 g/mol. The molecule has 2 aliphatic rings. The summed E-state index contributed by atoms with van der Waals surface area (Å²) in [7, 11) is 3.19. The van der Waals surface area contributed by atoms with Crippen LogP contribution in [-0.2, 0) is 17.8 Å². The molecule has 2 aliphatic heterocycles. The number of piperazine rings is 1. The van der Waals surface area contributed by atoms with Crippen molar-refractivity contribution >= 4 is 11.6 Å². The number of methoxy groups -OCH3 is 2. The van der Waals surface area contributed by atoms with Crippen molar-refractivity contribution in [2.75, 3.05) is 58.9 Å². The van der Waals surface area contributed by atoms with Crippen LogP contribution < -0.4 is 19.5 Å². The van der Waals surface area contributed by atoms with Crippen LogP contribution >= 0.6 is 0 Å². The van der Waals surface area contributed by atoms with E-state index in [1.165, 1.54) is 11.1 Å². The molecule has 0 bridgehead atoms. The Kier molecular flexibility index (Phi) is 6.40. The normalized spacial score (nSPS) is 16.6. The number of ether oxygens (including phenoxy) is 3. The summed E-state index contributed by atoms with van der Waals surface area (Å²) < 4.78 is 16.2. The fourth-order valence-electron chi connectivity index (χ4n) is 4.01. The minimum Gasteiger partial charge on any atom is -0.497 e. The third-order valence-corrected chi connectivity index (χ3v) is 5.67. The predicted octanol–water partition coefficient (Wildman–Crippen LogP) is 2.40. The van der Waals surface area contributed by atoms with Crippen LogP contribution in [0.5, 0.6) is 17.2 Å². The van der Waals surface area contributed by atoms with Crippen LogP contribution in [0.3, 0.4) is 0 Å². The van der Waals surface area contributed by atoms with Crippen molar-refractivity contribution < 1.29 is 19.0 Å². The first-order chi connectivity index (χ1) is 14.6. The molecule has 0 aromatic heterocycles. The van der Waals surface area contributed by atoms with Crippen LogP contribution in [0.15, 0.2) is 36.4 Å². The zero-order chi connectivity index (χ0) is 20.9. The number of benzene rings is 2. The van der Waals surface area contributed by atoms with Crippen LogP contribution in [0.2, 0.25) is 0 Å². The van der Waals surface area contributed by atoms with Crippen molar-refractivity contribution in [3.8, 4) is 17.2 Å². The summed E-state index contributed by atoms with van der Waals surface area (Å²) in [6, 6.07) is 11.9. The molecule has 1 N–H and O–H groups in total. The van der Waals surface area contributed by atoms with Crippen LogP contribution in [-0.4, -0.2) is 69.3 Å². The lowest BCUT2D eigenvalue weighted by atomic mass is 10.1. The van der Waals surface area contributed by atoms with E-state index < -0.39 is 0 Å². The van der Waals surface area contributed by atoms with E-state index in [0.717, 1.165) is 51.5 Å². The zero-order valence-electron chi connectivity index (χ0n) is 17.6. The first-order valence-electron chi connectivity index (χ1n) is 10.4. The molecule has 7 heteroatoms. The zero-order valence-corrected chi connectivity index (χ0v) is 17.6. The number of fused-ring (bicyclic) bond motifs is 1. The van der Waals surface area contributed by atoms with Crippen molar-refractivity contribution in [3.63, 3.8) is 0 Å². The molecule has 0 spiro atoms. The Labute approximate surface area is 177 Å². The lowest BCUT2D eigenvalue weighted by Gasteiger charge is -2.34. The van der Waals surface area contributed by atoms with Gasteiger partial charge in [-0.15, -0.1) is 0 Å². The molecule has 0 aliphatic carbocycles. The van der Waals surface area contributed by atoms with Gasteiger partial charge in [0, 0.05) is 45.2 Å². The van der Waals surface area contributed by atoms with E-state index in [9.17, 15) is 4.79 Å². The van der Waals surface area contributed by atoms with E-state index in [4.69, 9.17) is 14.2 Å². The Bertz CT molecular complexity index is 894. The van der Waals surface area contributed by atoms with Crippen molar-refractivity contribution in [1.29, 1.82) is 0 Å². The molecule has 0 unspecified atom stereocenters. The Hall–Kier alpha value is -2.77. The highest BCUT2D eigenvalue weighted by Crippen LogP contribution is 2.29. The number of carbonyl (C=O) groups excluding carboxylic acids is 1. The predicted molar refractivity (Wildman–Crippen MR) is 116 cm³/mol. The summed E-state index contributed by atoms with van der Waals surface area (Å²) in [5, 5.41) is 2.95. The Morgan fingerprint density at radius 1 is 1.03 bits per heavy atom. The first-order valence-corrected chi connectivity index (χ1v) is 10.4. The van der Waals surface area contributed by atoms with Gasteiger partial charge in [-0.25, -0.2) is 0 Å². The molecular weight excluding hydrogens is 382 g/mol. The van der Waals surface area contributed by atoms with Gasteiger partial charge < -0.3 is 19.5 Å². The smallest absolute Gasteiger partial charge is 0.238 e. The lowest BCUT2D eigenvalue weighted by Crippen LogP contribution is -2.48. The Morgan fingerprint density at radius 2 is 1.83 bits per heavy atom. The van der Waals surface area contributed by atoms with Crippen LogP contribution in [0.25, 0.3) is 0 Å². The van der Waals surface area contributed by atoms with E-state index >= 15 is 0 Å². The van der Waals surface area contributed by atoms with Crippen molar-refractivity contribution in [2.45, 2.75) is 13.0 Å². The summed E-state index contributed by atoms with van der Waals surface area (Å²) in [5.41, 5.74) is 3.27. The molecular formula is C23H29N3O4. The fraction of sp³-hybridized carbons (Fsp3) is 0.435. The molecule has 0 atom stereocenters. The molecule has 7 nitrogen and oxygen atoms in total. The molecule has 30 heavy (non-hydrogen) atoms. The van der Waals surface area contributed by atoms with Gasteiger partial charge in [0.15, 0.2) is 0 Å². The van der Waals surface area contributed by atoms with Crippen molar-refractivity contribution in [3.05, 3.63) is 47.5 Å². The SMILES string of the molecule is COc1ccc(OC)c(NC(=O)CN2CCN(Cc3ccc4c(c3)CCO4)CC2)c1. The molecule has 1 fully saturated rings. The number of amides is 1. The summed E-state index contributed by atoms with van der Waals surface area (Å²) >= 11 is 0. The summed E-state index contributed by atoms with van der Waals surface area (Å²) in [6.07, 6.45) is 1.00. The molecule has 2 aromatic rings. The number of hydrogen-bond acceptors (Lipinski definition) is 6. The molecule has 2 aromatic carbocycles. The highest BCUT2D eigenvalue weighted by molar-refractivity contribution is 5.94. The highest BCUT2D eigenvalue weighted by atomic mass is 16.5. The van der Waals surface area contributed by atoms with E-state index in [-0.39, 0.29) is 5.91 Å². The van der Waals surface area contributed by atoms with Crippen LogP contribution in [0, 0.1) is 0 Å². The van der Waals surface area contributed by atoms with E-state index in [0.29, 0.717) is 23.7 Å². The van der Waals surface area contributed by atoms with Gasteiger partial charge in [0.05, 0.1) is 33.1 Å². The Balaban J connectivity index is 1.26. The summed E-state index contributed by atoms with van der Waals surface area (Å²) in [4.78, 5) is 17.2. The van der Waals surface area contributed by atoms with Gasteiger partial charge in [0.2, 0.25) is 5.91 Å². The van der Waals surface area contributed by atoms with Gasteiger partial charge in [-0.3, -0.25) is 14.6 Å². The molecule has 0 saturated carbocycles. The van der Waals surface area contributed by atoms with Gasteiger partial charge in [0.25, 0.3) is 0 Å². The molecule has 2 heterocycles. The minimum atomic E-state index is -0.0476. The van der Waals surface area contributed by atoms with Crippen LogP contribution in [0.1, 0.15) is 11.1 Å². The standard InChI is InChI=1S/C23H29N3O4/c1-28-19-4-6-22(29-2)20(14-19)24-23(27)16-26-10-8-25(9-11-26)15-17-3-5-21-18(13-17)7-12-30-21/h3-6,13-14H,7-12,15-16H2,1-2H3,(H,24,27). The van der Waals surface area contributed by atoms with Gasteiger partial charge in [-0.2, -0.15) is 0 Å². The molecule has 4 rings (SSSR count). The number of nitrogens with zero attached hydrogens (tertiary/aromatic N) is 2.